The number of aromatic nitrogens is 1. The van der Waals surface area contributed by atoms with E-state index in [4.69, 9.17) is 16.3 Å². The van der Waals surface area contributed by atoms with Crippen LogP contribution < -0.4 is 5.32 Å². The van der Waals surface area contributed by atoms with Gasteiger partial charge in [0, 0.05) is 26.0 Å². The molecule has 0 aromatic carbocycles. The molecule has 0 spiro atoms. The minimum atomic E-state index is 0.661. The molecule has 1 aromatic rings. The number of ether oxygens (including phenoxy) is 1. The molecular weight excluding hydrogens is 224 g/mol. The van der Waals surface area contributed by atoms with Crippen molar-refractivity contribution in [2.45, 2.75) is 26.2 Å². The van der Waals surface area contributed by atoms with Crippen LogP contribution in [0.5, 0.6) is 0 Å². The Hall–Kier alpha value is -0.800. The summed E-state index contributed by atoms with van der Waals surface area (Å²) < 4.78 is 5.45. The summed E-state index contributed by atoms with van der Waals surface area (Å²) in [6.07, 6.45) is 5.02. The van der Waals surface area contributed by atoms with Crippen molar-refractivity contribution in [3.8, 4) is 0 Å². The predicted octanol–water partition coefficient (Wildman–Crippen LogP) is 3.35. The van der Waals surface area contributed by atoms with E-state index in [0.29, 0.717) is 5.02 Å². The van der Waals surface area contributed by atoms with E-state index in [9.17, 15) is 0 Å². The SMILES string of the molecule is CCCCOCCCNc1ncccc1Cl. The third-order valence-corrected chi connectivity index (χ3v) is 2.46. The molecule has 0 aliphatic carbocycles. The third-order valence-electron chi connectivity index (χ3n) is 2.16. The molecule has 0 unspecified atom stereocenters. The highest BCUT2D eigenvalue weighted by Crippen LogP contribution is 2.16. The van der Waals surface area contributed by atoms with Crippen LogP contribution in [0.4, 0.5) is 5.82 Å². The van der Waals surface area contributed by atoms with Crippen LogP contribution in [-0.2, 0) is 4.74 Å². The standard InChI is InChI=1S/C12H19ClN2O/c1-2-3-9-16-10-5-8-15-12-11(13)6-4-7-14-12/h4,6-7H,2-3,5,8-10H2,1H3,(H,14,15). The quantitative estimate of drug-likeness (QED) is 0.710. The Morgan fingerprint density at radius 2 is 2.19 bits per heavy atom. The van der Waals surface area contributed by atoms with Gasteiger partial charge in [-0.3, -0.25) is 0 Å². The number of rotatable bonds is 8. The average molecular weight is 243 g/mol. The zero-order valence-electron chi connectivity index (χ0n) is 9.71. The van der Waals surface area contributed by atoms with Gasteiger partial charge in [-0.25, -0.2) is 4.98 Å². The molecule has 0 amide bonds. The van der Waals surface area contributed by atoms with Crippen molar-refractivity contribution in [3.05, 3.63) is 23.4 Å². The molecule has 0 saturated carbocycles. The summed E-state index contributed by atoms with van der Waals surface area (Å²) in [6.45, 7) is 4.65. The molecule has 1 rings (SSSR count). The Bertz CT molecular complexity index is 294. The second-order valence-corrected chi connectivity index (χ2v) is 3.99. The molecule has 1 aromatic heterocycles. The highest BCUT2D eigenvalue weighted by molar-refractivity contribution is 6.32. The van der Waals surface area contributed by atoms with Crippen molar-refractivity contribution in [2.75, 3.05) is 25.1 Å². The highest BCUT2D eigenvalue weighted by Gasteiger charge is 1.98. The van der Waals surface area contributed by atoms with Gasteiger partial charge >= 0.3 is 0 Å². The molecule has 0 atom stereocenters. The molecule has 0 radical (unpaired) electrons. The van der Waals surface area contributed by atoms with Gasteiger partial charge < -0.3 is 10.1 Å². The Labute approximate surface area is 102 Å². The zero-order valence-corrected chi connectivity index (χ0v) is 10.5. The first kappa shape index (κ1) is 13.3. The van der Waals surface area contributed by atoms with Gasteiger partial charge in [0.2, 0.25) is 0 Å². The van der Waals surface area contributed by atoms with Gasteiger partial charge in [0.05, 0.1) is 5.02 Å². The lowest BCUT2D eigenvalue weighted by Gasteiger charge is -2.07. The summed E-state index contributed by atoms with van der Waals surface area (Å²) in [5.74, 6) is 0.748. The topological polar surface area (TPSA) is 34.1 Å². The molecule has 0 bridgehead atoms. The molecule has 16 heavy (non-hydrogen) atoms. The van der Waals surface area contributed by atoms with Crippen LogP contribution in [0.2, 0.25) is 5.02 Å². The fourth-order valence-corrected chi connectivity index (χ4v) is 1.43. The largest absolute Gasteiger partial charge is 0.381 e. The maximum absolute atomic E-state index is 5.95. The van der Waals surface area contributed by atoms with E-state index in [1.807, 2.05) is 12.1 Å². The molecular formula is C12H19ClN2O. The number of pyridine rings is 1. The average Bonchev–Trinajstić information content (AvgIpc) is 2.30. The minimum Gasteiger partial charge on any atom is -0.381 e. The smallest absolute Gasteiger partial charge is 0.144 e. The molecule has 4 heteroatoms. The second kappa shape index (κ2) is 8.36. The number of hydrogen-bond acceptors (Lipinski definition) is 3. The van der Waals surface area contributed by atoms with E-state index in [0.717, 1.165) is 38.4 Å². The number of halogens is 1. The Kier molecular flexibility index (Phi) is 6.93. The summed E-state index contributed by atoms with van der Waals surface area (Å²) in [5.41, 5.74) is 0. The van der Waals surface area contributed by atoms with E-state index in [2.05, 4.69) is 17.2 Å². The summed E-state index contributed by atoms with van der Waals surface area (Å²) in [4.78, 5) is 4.14. The summed E-state index contributed by atoms with van der Waals surface area (Å²) in [7, 11) is 0. The number of hydrogen-bond donors (Lipinski definition) is 1. The van der Waals surface area contributed by atoms with Crippen LogP contribution in [0.3, 0.4) is 0 Å². The van der Waals surface area contributed by atoms with Crippen LogP contribution in [0.1, 0.15) is 26.2 Å². The monoisotopic (exact) mass is 242 g/mol. The van der Waals surface area contributed by atoms with Gasteiger partial charge in [0.1, 0.15) is 5.82 Å². The maximum Gasteiger partial charge on any atom is 0.144 e. The molecule has 3 nitrogen and oxygen atoms in total. The molecule has 1 N–H and O–H groups in total. The first-order chi connectivity index (χ1) is 7.84. The van der Waals surface area contributed by atoms with Crippen molar-refractivity contribution in [2.24, 2.45) is 0 Å². The van der Waals surface area contributed by atoms with Crippen LogP contribution in [0, 0.1) is 0 Å². The van der Waals surface area contributed by atoms with Crippen molar-refractivity contribution >= 4 is 17.4 Å². The first-order valence-electron chi connectivity index (χ1n) is 5.76. The van der Waals surface area contributed by atoms with E-state index < -0.39 is 0 Å². The minimum absolute atomic E-state index is 0.661. The van der Waals surface area contributed by atoms with E-state index >= 15 is 0 Å². The lowest BCUT2D eigenvalue weighted by molar-refractivity contribution is 0.131. The molecule has 1 heterocycles. The Balaban J connectivity index is 2.05. The fraction of sp³-hybridized carbons (Fsp3) is 0.583. The van der Waals surface area contributed by atoms with Gasteiger partial charge in [-0.05, 0) is 25.0 Å². The molecule has 0 saturated heterocycles. The van der Waals surface area contributed by atoms with Crippen molar-refractivity contribution in [1.82, 2.24) is 4.98 Å². The Morgan fingerprint density at radius 3 is 2.94 bits per heavy atom. The van der Waals surface area contributed by atoms with E-state index in [-0.39, 0.29) is 0 Å². The number of nitrogens with one attached hydrogen (secondary N) is 1. The Morgan fingerprint density at radius 1 is 1.38 bits per heavy atom. The fourth-order valence-electron chi connectivity index (χ4n) is 1.25. The van der Waals surface area contributed by atoms with Crippen LogP contribution in [-0.4, -0.2) is 24.7 Å². The van der Waals surface area contributed by atoms with Gasteiger partial charge in [0.15, 0.2) is 0 Å². The molecule has 0 aliphatic rings. The van der Waals surface area contributed by atoms with Gasteiger partial charge in [0.25, 0.3) is 0 Å². The van der Waals surface area contributed by atoms with Crippen LogP contribution in [0.25, 0.3) is 0 Å². The summed E-state index contributed by atoms with van der Waals surface area (Å²) in [6, 6.07) is 3.65. The van der Waals surface area contributed by atoms with Gasteiger partial charge in [-0.15, -0.1) is 0 Å². The van der Waals surface area contributed by atoms with E-state index in [1.165, 1.54) is 6.42 Å². The summed E-state index contributed by atoms with van der Waals surface area (Å²) in [5, 5.41) is 3.84. The van der Waals surface area contributed by atoms with Crippen LogP contribution in [0.15, 0.2) is 18.3 Å². The normalized spacial score (nSPS) is 10.4. The number of unbranched alkanes of at least 4 members (excludes halogenated alkanes) is 1. The highest BCUT2D eigenvalue weighted by atomic mass is 35.5. The predicted molar refractivity (Wildman–Crippen MR) is 68.1 cm³/mol. The van der Waals surface area contributed by atoms with E-state index in [1.54, 1.807) is 6.20 Å². The molecule has 90 valence electrons. The maximum atomic E-state index is 5.95. The van der Waals surface area contributed by atoms with Crippen molar-refractivity contribution < 1.29 is 4.74 Å². The van der Waals surface area contributed by atoms with Crippen molar-refractivity contribution in [3.63, 3.8) is 0 Å². The van der Waals surface area contributed by atoms with Crippen LogP contribution >= 0.6 is 11.6 Å². The summed E-state index contributed by atoms with van der Waals surface area (Å²) >= 11 is 5.95. The number of anilines is 1. The number of nitrogens with zero attached hydrogens (tertiary/aromatic N) is 1. The second-order valence-electron chi connectivity index (χ2n) is 3.58. The van der Waals surface area contributed by atoms with Gasteiger partial charge in [-0.2, -0.15) is 0 Å². The molecule has 0 fully saturated rings. The van der Waals surface area contributed by atoms with Crippen molar-refractivity contribution in [1.29, 1.82) is 0 Å². The van der Waals surface area contributed by atoms with Gasteiger partial charge in [-0.1, -0.05) is 24.9 Å². The lowest BCUT2D eigenvalue weighted by atomic mass is 10.3. The zero-order chi connectivity index (χ0) is 11.6. The molecule has 0 aliphatic heterocycles. The lowest BCUT2D eigenvalue weighted by Crippen LogP contribution is -2.07. The first-order valence-corrected chi connectivity index (χ1v) is 6.14. The third kappa shape index (κ3) is 5.33.